The number of amides is 2. The normalized spacial score (nSPS) is 11.3. The van der Waals surface area contributed by atoms with Crippen LogP contribution in [0.2, 0.25) is 0 Å². The summed E-state index contributed by atoms with van der Waals surface area (Å²) in [5.41, 5.74) is 0. The van der Waals surface area contributed by atoms with Crippen LogP contribution in [0.25, 0.3) is 0 Å². The SMILES string of the molecule is COC(=O)NCCNC(=O)C(C)Oc1ccc(O)cc1. The fourth-order valence-electron chi connectivity index (χ4n) is 1.35. The van der Waals surface area contributed by atoms with Crippen molar-refractivity contribution in [1.82, 2.24) is 10.6 Å². The Balaban J connectivity index is 2.28. The number of phenolic OH excluding ortho intramolecular Hbond substituents is 1. The van der Waals surface area contributed by atoms with Gasteiger partial charge in [0.2, 0.25) is 0 Å². The van der Waals surface area contributed by atoms with E-state index in [4.69, 9.17) is 9.84 Å². The van der Waals surface area contributed by atoms with Gasteiger partial charge in [-0.05, 0) is 31.2 Å². The maximum atomic E-state index is 11.7. The lowest BCUT2D eigenvalue weighted by Crippen LogP contribution is -2.40. The second kappa shape index (κ2) is 7.88. The summed E-state index contributed by atoms with van der Waals surface area (Å²) in [7, 11) is 1.27. The van der Waals surface area contributed by atoms with Crippen molar-refractivity contribution >= 4 is 12.0 Å². The quantitative estimate of drug-likeness (QED) is 0.665. The highest BCUT2D eigenvalue weighted by Gasteiger charge is 2.13. The number of carbonyl (C=O) groups is 2. The summed E-state index contributed by atoms with van der Waals surface area (Å²) >= 11 is 0. The number of rotatable bonds is 6. The molecule has 0 heterocycles. The lowest BCUT2D eigenvalue weighted by molar-refractivity contribution is -0.127. The van der Waals surface area contributed by atoms with Crippen LogP contribution in [0.4, 0.5) is 4.79 Å². The van der Waals surface area contributed by atoms with Crippen LogP contribution in [0.1, 0.15) is 6.92 Å². The third kappa shape index (κ3) is 5.47. The highest BCUT2D eigenvalue weighted by molar-refractivity contribution is 5.80. The van der Waals surface area contributed by atoms with E-state index in [0.717, 1.165) is 0 Å². The van der Waals surface area contributed by atoms with Gasteiger partial charge in [-0.2, -0.15) is 0 Å². The minimum Gasteiger partial charge on any atom is -0.508 e. The molecule has 0 aliphatic carbocycles. The topological polar surface area (TPSA) is 96.9 Å². The van der Waals surface area contributed by atoms with E-state index in [9.17, 15) is 9.59 Å². The largest absolute Gasteiger partial charge is 0.508 e. The molecule has 0 aliphatic rings. The molecule has 7 nitrogen and oxygen atoms in total. The number of phenols is 1. The molecule has 1 aromatic carbocycles. The number of hydrogen-bond acceptors (Lipinski definition) is 5. The molecule has 20 heavy (non-hydrogen) atoms. The van der Waals surface area contributed by atoms with E-state index in [1.165, 1.54) is 19.2 Å². The van der Waals surface area contributed by atoms with E-state index in [-0.39, 0.29) is 24.7 Å². The van der Waals surface area contributed by atoms with Gasteiger partial charge in [0.15, 0.2) is 6.10 Å². The minimum atomic E-state index is -0.683. The molecule has 0 radical (unpaired) electrons. The number of carbonyl (C=O) groups excluding carboxylic acids is 2. The van der Waals surface area contributed by atoms with Gasteiger partial charge in [-0.1, -0.05) is 0 Å². The van der Waals surface area contributed by atoms with Gasteiger partial charge in [-0.25, -0.2) is 4.79 Å². The van der Waals surface area contributed by atoms with Crippen LogP contribution < -0.4 is 15.4 Å². The first-order chi connectivity index (χ1) is 9.52. The molecule has 0 saturated carbocycles. The molecule has 1 rings (SSSR count). The molecule has 1 aromatic rings. The Labute approximate surface area is 116 Å². The molecular formula is C13H18N2O5. The van der Waals surface area contributed by atoms with Crippen LogP contribution in [-0.4, -0.2) is 43.4 Å². The zero-order chi connectivity index (χ0) is 15.0. The molecule has 0 saturated heterocycles. The summed E-state index contributed by atoms with van der Waals surface area (Å²) in [5.74, 6) is 0.311. The van der Waals surface area contributed by atoms with Gasteiger partial charge in [0, 0.05) is 13.1 Å². The third-order valence-electron chi connectivity index (χ3n) is 2.40. The molecule has 0 fully saturated rings. The average molecular weight is 282 g/mol. The molecule has 0 aliphatic heterocycles. The van der Waals surface area contributed by atoms with Crippen molar-refractivity contribution in [1.29, 1.82) is 0 Å². The summed E-state index contributed by atoms with van der Waals surface area (Å²) in [5, 5.41) is 14.2. The van der Waals surface area contributed by atoms with E-state index in [1.54, 1.807) is 19.1 Å². The van der Waals surface area contributed by atoms with Gasteiger partial charge < -0.3 is 25.2 Å². The first kappa shape index (κ1) is 15.6. The fourth-order valence-corrected chi connectivity index (χ4v) is 1.35. The van der Waals surface area contributed by atoms with Gasteiger partial charge >= 0.3 is 6.09 Å². The van der Waals surface area contributed by atoms with Gasteiger partial charge in [0.05, 0.1) is 7.11 Å². The number of ether oxygens (including phenoxy) is 2. The average Bonchev–Trinajstić information content (AvgIpc) is 2.45. The van der Waals surface area contributed by atoms with Crippen molar-refractivity contribution in [3.05, 3.63) is 24.3 Å². The summed E-state index contributed by atoms with van der Waals surface area (Å²) in [6.07, 6.45) is -1.23. The lowest BCUT2D eigenvalue weighted by atomic mass is 10.3. The van der Waals surface area contributed by atoms with Gasteiger partial charge in [0.1, 0.15) is 11.5 Å². The summed E-state index contributed by atoms with van der Waals surface area (Å²) in [6.45, 7) is 2.15. The number of nitrogens with one attached hydrogen (secondary N) is 2. The van der Waals surface area contributed by atoms with Crippen LogP contribution in [0.3, 0.4) is 0 Å². The predicted octanol–water partition coefficient (Wildman–Crippen LogP) is 0.632. The Hall–Kier alpha value is -2.44. The monoisotopic (exact) mass is 282 g/mol. The van der Waals surface area contributed by atoms with E-state index >= 15 is 0 Å². The maximum Gasteiger partial charge on any atom is 0.406 e. The first-order valence-electron chi connectivity index (χ1n) is 6.08. The van der Waals surface area contributed by atoms with Crippen LogP contribution in [-0.2, 0) is 9.53 Å². The molecule has 0 bridgehead atoms. The van der Waals surface area contributed by atoms with E-state index in [2.05, 4.69) is 15.4 Å². The van der Waals surface area contributed by atoms with E-state index < -0.39 is 12.2 Å². The second-order valence-corrected chi connectivity index (χ2v) is 3.96. The van der Waals surface area contributed by atoms with Crippen LogP contribution in [0.15, 0.2) is 24.3 Å². The molecule has 0 spiro atoms. The Morgan fingerprint density at radius 1 is 1.20 bits per heavy atom. The number of methoxy groups -OCH3 is 1. The highest BCUT2D eigenvalue weighted by atomic mass is 16.5. The number of hydrogen-bond donors (Lipinski definition) is 3. The summed E-state index contributed by atoms with van der Waals surface area (Å²) < 4.78 is 9.78. The van der Waals surface area contributed by atoms with Crippen molar-refractivity contribution in [2.24, 2.45) is 0 Å². The molecule has 1 unspecified atom stereocenters. The van der Waals surface area contributed by atoms with Gasteiger partial charge in [0.25, 0.3) is 5.91 Å². The highest BCUT2D eigenvalue weighted by Crippen LogP contribution is 2.17. The van der Waals surface area contributed by atoms with Crippen LogP contribution in [0.5, 0.6) is 11.5 Å². The third-order valence-corrected chi connectivity index (χ3v) is 2.40. The van der Waals surface area contributed by atoms with Crippen molar-refractivity contribution in [2.45, 2.75) is 13.0 Å². The Kier molecular flexibility index (Phi) is 6.15. The van der Waals surface area contributed by atoms with Crippen molar-refractivity contribution in [3.63, 3.8) is 0 Å². The smallest absolute Gasteiger partial charge is 0.406 e. The predicted molar refractivity (Wildman–Crippen MR) is 71.6 cm³/mol. The van der Waals surface area contributed by atoms with Crippen LogP contribution in [0, 0.1) is 0 Å². The molecule has 110 valence electrons. The van der Waals surface area contributed by atoms with Crippen LogP contribution >= 0.6 is 0 Å². The molecule has 7 heteroatoms. The Morgan fingerprint density at radius 2 is 1.80 bits per heavy atom. The van der Waals surface area contributed by atoms with E-state index in [0.29, 0.717) is 5.75 Å². The second-order valence-electron chi connectivity index (χ2n) is 3.96. The summed E-state index contributed by atoms with van der Waals surface area (Å²) in [6, 6.07) is 6.08. The molecule has 2 amide bonds. The lowest BCUT2D eigenvalue weighted by Gasteiger charge is -2.14. The summed E-state index contributed by atoms with van der Waals surface area (Å²) in [4.78, 5) is 22.5. The maximum absolute atomic E-state index is 11.7. The van der Waals surface area contributed by atoms with E-state index in [1.807, 2.05) is 0 Å². The molecule has 0 aromatic heterocycles. The van der Waals surface area contributed by atoms with Crippen molar-refractivity contribution in [3.8, 4) is 11.5 Å². The molecule has 1 atom stereocenters. The Bertz CT molecular complexity index is 447. The van der Waals surface area contributed by atoms with Gasteiger partial charge in [-0.3, -0.25) is 4.79 Å². The van der Waals surface area contributed by atoms with Gasteiger partial charge in [-0.15, -0.1) is 0 Å². The number of benzene rings is 1. The Morgan fingerprint density at radius 3 is 2.40 bits per heavy atom. The van der Waals surface area contributed by atoms with Crippen molar-refractivity contribution < 1.29 is 24.2 Å². The first-order valence-corrected chi connectivity index (χ1v) is 6.08. The standard InChI is InChI=1S/C13H18N2O5/c1-9(20-11-5-3-10(16)4-6-11)12(17)14-7-8-15-13(18)19-2/h3-6,9,16H,7-8H2,1-2H3,(H,14,17)(H,15,18). The zero-order valence-corrected chi connectivity index (χ0v) is 11.4. The number of aromatic hydroxyl groups is 1. The molecular weight excluding hydrogens is 264 g/mol. The molecule has 3 N–H and O–H groups in total. The minimum absolute atomic E-state index is 0.128. The fraction of sp³-hybridized carbons (Fsp3) is 0.385. The van der Waals surface area contributed by atoms with Crippen molar-refractivity contribution in [2.75, 3.05) is 20.2 Å². The number of alkyl carbamates (subject to hydrolysis) is 1. The zero-order valence-electron chi connectivity index (χ0n) is 11.4.